The second-order valence-corrected chi connectivity index (χ2v) is 9.77. The van der Waals surface area contributed by atoms with Crippen molar-refractivity contribution in [2.75, 3.05) is 5.32 Å². The molecule has 6 heteroatoms. The number of benzene rings is 1. The molecule has 2 atom stereocenters. The monoisotopic (exact) mass is 445 g/mol. The van der Waals surface area contributed by atoms with Crippen LogP contribution in [0.1, 0.15) is 62.5 Å². The zero-order valence-electron chi connectivity index (χ0n) is 18.9. The fourth-order valence-electron chi connectivity index (χ4n) is 5.83. The minimum atomic E-state index is -0.0891. The Balaban J connectivity index is 1.13. The molecule has 0 spiro atoms. The summed E-state index contributed by atoms with van der Waals surface area (Å²) in [6.07, 6.45) is 11.1. The zero-order valence-corrected chi connectivity index (χ0v) is 18.9. The fraction of sp³-hybridized carbons (Fsp3) is 0.481. The second kappa shape index (κ2) is 9.46. The third-order valence-corrected chi connectivity index (χ3v) is 7.69. The lowest BCUT2D eigenvalue weighted by atomic mass is 9.81. The Bertz CT molecular complexity index is 989. The summed E-state index contributed by atoms with van der Waals surface area (Å²) in [7, 11) is 0. The van der Waals surface area contributed by atoms with Crippen LogP contribution in [-0.2, 0) is 20.8 Å². The molecule has 1 aromatic carbocycles. The van der Waals surface area contributed by atoms with Crippen LogP contribution in [-0.4, -0.2) is 33.6 Å². The highest BCUT2D eigenvalue weighted by atomic mass is 16.2. The Labute approximate surface area is 194 Å². The van der Waals surface area contributed by atoms with Crippen molar-refractivity contribution in [2.45, 2.75) is 63.8 Å². The number of likely N-dealkylation sites (tertiary alicyclic amines) is 1. The third-order valence-electron chi connectivity index (χ3n) is 7.69. The molecule has 33 heavy (non-hydrogen) atoms. The van der Waals surface area contributed by atoms with Crippen molar-refractivity contribution in [1.82, 2.24) is 9.88 Å². The summed E-state index contributed by atoms with van der Waals surface area (Å²) in [6.45, 7) is 0. The smallest absolute Gasteiger partial charge is 0.233 e. The van der Waals surface area contributed by atoms with Gasteiger partial charge in [0, 0.05) is 30.0 Å². The summed E-state index contributed by atoms with van der Waals surface area (Å²) >= 11 is 0. The minimum absolute atomic E-state index is 0.0306. The molecular formula is C27H31N3O3. The van der Waals surface area contributed by atoms with Gasteiger partial charge < -0.3 is 5.32 Å². The Kier molecular flexibility index (Phi) is 6.25. The summed E-state index contributed by atoms with van der Waals surface area (Å²) in [5, 5.41) is 3.05. The average molecular weight is 446 g/mol. The SMILES string of the molecule is O=C(Nc1ccc(Cc2ccncc2)cc1)C1CCC(N2C(=O)[C@@H]3CCCC[C@H]3C2=O)CC1. The van der Waals surface area contributed by atoms with Crippen LogP contribution < -0.4 is 5.32 Å². The van der Waals surface area contributed by atoms with Crippen molar-refractivity contribution in [3.8, 4) is 0 Å². The van der Waals surface area contributed by atoms with E-state index >= 15 is 0 Å². The third kappa shape index (κ3) is 4.56. The van der Waals surface area contributed by atoms with Gasteiger partial charge in [-0.15, -0.1) is 0 Å². The van der Waals surface area contributed by atoms with Gasteiger partial charge in [0.2, 0.25) is 17.7 Å². The topological polar surface area (TPSA) is 79.4 Å². The van der Waals surface area contributed by atoms with Crippen molar-refractivity contribution in [3.05, 3.63) is 59.9 Å². The number of carbonyl (C=O) groups excluding carboxylic acids is 3. The molecule has 2 aromatic rings. The first-order valence-electron chi connectivity index (χ1n) is 12.3. The molecule has 1 aliphatic heterocycles. The first-order chi connectivity index (χ1) is 16.1. The van der Waals surface area contributed by atoms with Crippen molar-refractivity contribution >= 4 is 23.4 Å². The van der Waals surface area contributed by atoms with Crippen molar-refractivity contribution in [1.29, 1.82) is 0 Å². The molecule has 1 aromatic heterocycles. The first-order valence-corrected chi connectivity index (χ1v) is 12.3. The van der Waals surface area contributed by atoms with Crippen LogP contribution in [0.15, 0.2) is 48.8 Å². The highest BCUT2D eigenvalue weighted by molar-refractivity contribution is 6.05. The van der Waals surface area contributed by atoms with Gasteiger partial charge >= 0.3 is 0 Å². The maximum atomic E-state index is 12.9. The number of nitrogens with one attached hydrogen (secondary N) is 1. The van der Waals surface area contributed by atoms with Gasteiger partial charge in [-0.3, -0.25) is 24.3 Å². The fourth-order valence-corrected chi connectivity index (χ4v) is 5.83. The second-order valence-electron chi connectivity index (χ2n) is 9.77. The van der Waals surface area contributed by atoms with E-state index in [2.05, 4.69) is 10.3 Å². The molecule has 0 unspecified atom stereocenters. The van der Waals surface area contributed by atoms with E-state index in [-0.39, 0.29) is 41.5 Å². The molecule has 5 rings (SSSR count). The number of amides is 3. The number of pyridine rings is 1. The van der Waals surface area contributed by atoms with E-state index in [1.807, 2.05) is 36.4 Å². The lowest BCUT2D eigenvalue weighted by Crippen LogP contribution is -2.43. The van der Waals surface area contributed by atoms with Gasteiger partial charge in [-0.1, -0.05) is 25.0 Å². The Morgan fingerprint density at radius 3 is 2.00 bits per heavy atom. The van der Waals surface area contributed by atoms with E-state index in [4.69, 9.17) is 0 Å². The first kappa shape index (κ1) is 21.8. The summed E-state index contributed by atoms with van der Waals surface area (Å²) < 4.78 is 0. The lowest BCUT2D eigenvalue weighted by molar-refractivity contribution is -0.143. The predicted octanol–water partition coefficient (Wildman–Crippen LogP) is 4.34. The number of imide groups is 1. The van der Waals surface area contributed by atoms with Crippen LogP contribution in [0, 0.1) is 17.8 Å². The molecule has 172 valence electrons. The van der Waals surface area contributed by atoms with Gasteiger partial charge in [-0.2, -0.15) is 0 Å². The standard InChI is InChI=1S/C27H31N3O3/c31-25(29-21-9-5-18(6-10-21)17-19-13-15-28-16-14-19)20-7-11-22(12-8-20)30-26(32)23-3-1-2-4-24(23)27(30)33/h5-6,9-10,13-16,20,22-24H,1-4,7-8,11-12,17H2,(H,29,31)/t20?,22?,23-,24-/m1/s1. The number of rotatable bonds is 5. The van der Waals surface area contributed by atoms with Gasteiger partial charge in [0.05, 0.1) is 11.8 Å². The molecule has 6 nitrogen and oxygen atoms in total. The molecule has 2 saturated carbocycles. The predicted molar refractivity (Wildman–Crippen MR) is 125 cm³/mol. The van der Waals surface area contributed by atoms with Gasteiger partial charge in [0.15, 0.2) is 0 Å². The van der Waals surface area contributed by atoms with Gasteiger partial charge in [-0.05, 0) is 80.3 Å². The maximum Gasteiger partial charge on any atom is 0.233 e. The van der Waals surface area contributed by atoms with Crippen LogP contribution in [0.2, 0.25) is 0 Å². The zero-order chi connectivity index (χ0) is 22.8. The van der Waals surface area contributed by atoms with Crippen LogP contribution in [0.3, 0.4) is 0 Å². The summed E-state index contributed by atoms with van der Waals surface area (Å²) in [5.74, 6) is -0.132. The number of hydrogen-bond acceptors (Lipinski definition) is 4. The Morgan fingerprint density at radius 1 is 0.818 bits per heavy atom. The number of hydrogen-bond donors (Lipinski definition) is 1. The molecule has 1 N–H and O–H groups in total. The van der Waals surface area contributed by atoms with Crippen LogP contribution in [0.25, 0.3) is 0 Å². The summed E-state index contributed by atoms with van der Waals surface area (Å²) in [5.41, 5.74) is 3.18. The summed E-state index contributed by atoms with van der Waals surface area (Å²) in [6, 6.07) is 11.9. The van der Waals surface area contributed by atoms with Crippen molar-refractivity contribution < 1.29 is 14.4 Å². The molecular weight excluding hydrogens is 414 g/mol. The van der Waals surface area contributed by atoms with Gasteiger partial charge in [0.25, 0.3) is 0 Å². The van der Waals surface area contributed by atoms with E-state index in [1.165, 1.54) is 11.1 Å². The van der Waals surface area contributed by atoms with E-state index in [0.29, 0.717) is 12.8 Å². The van der Waals surface area contributed by atoms with E-state index in [0.717, 1.165) is 50.6 Å². The number of anilines is 1. The molecule has 3 fully saturated rings. The van der Waals surface area contributed by atoms with Crippen molar-refractivity contribution in [2.24, 2.45) is 17.8 Å². The van der Waals surface area contributed by atoms with Gasteiger partial charge in [-0.25, -0.2) is 0 Å². The highest BCUT2D eigenvalue weighted by Crippen LogP contribution is 2.41. The van der Waals surface area contributed by atoms with E-state index < -0.39 is 0 Å². The van der Waals surface area contributed by atoms with Crippen LogP contribution >= 0.6 is 0 Å². The maximum absolute atomic E-state index is 12.9. The largest absolute Gasteiger partial charge is 0.326 e. The molecule has 2 aliphatic carbocycles. The van der Waals surface area contributed by atoms with Gasteiger partial charge in [0.1, 0.15) is 0 Å². The average Bonchev–Trinajstić information content (AvgIpc) is 3.11. The highest BCUT2D eigenvalue weighted by Gasteiger charge is 2.50. The quantitative estimate of drug-likeness (QED) is 0.694. The number of carbonyl (C=O) groups is 3. The number of nitrogens with zero attached hydrogens (tertiary/aromatic N) is 2. The Hall–Kier alpha value is -3.02. The summed E-state index contributed by atoms with van der Waals surface area (Å²) in [4.78, 5) is 44.2. The normalized spacial score (nSPS) is 27.3. The van der Waals surface area contributed by atoms with E-state index in [9.17, 15) is 14.4 Å². The van der Waals surface area contributed by atoms with Crippen molar-refractivity contribution in [3.63, 3.8) is 0 Å². The number of fused-ring (bicyclic) bond motifs is 1. The number of aromatic nitrogens is 1. The van der Waals surface area contributed by atoms with Crippen LogP contribution in [0.5, 0.6) is 0 Å². The molecule has 2 heterocycles. The van der Waals surface area contributed by atoms with Crippen LogP contribution in [0.4, 0.5) is 5.69 Å². The molecule has 1 saturated heterocycles. The Morgan fingerprint density at radius 2 is 1.39 bits per heavy atom. The molecule has 0 radical (unpaired) electrons. The minimum Gasteiger partial charge on any atom is -0.326 e. The lowest BCUT2D eigenvalue weighted by Gasteiger charge is -2.33. The van der Waals surface area contributed by atoms with E-state index in [1.54, 1.807) is 17.3 Å². The molecule has 3 aliphatic rings. The molecule has 3 amide bonds. The molecule has 0 bridgehead atoms.